The van der Waals surface area contributed by atoms with Gasteiger partial charge in [-0.15, -0.1) is 9.24 Å². The minimum absolute atomic E-state index is 0.0355. The largest absolute Gasteiger partial charge is 0.508 e. The summed E-state index contributed by atoms with van der Waals surface area (Å²) in [5.74, 6) is 0.418. The van der Waals surface area contributed by atoms with Crippen LogP contribution >= 0.6 is 9.24 Å². The first kappa shape index (κ1) is 24.1. The molecule has 2 aromatic carbocycles. The second-order valence-corrected chi connectivity index (χ2v) is 10.4. The summed E-state index contributed by atoms with van der Waals surface area (Å²) in [7, 11) is 2.59. The van der Waals surface area contributed by atoms with Gasteiger partial charge in [0.2, 0.25) is 0 Å². The van der Waals surface area contributed by atoms with E-state index in [4.69, 9.17) is 10.8 Å². The first-order valence-corrected chi connectivity index (χ1v) is 13.0. The number of phenolic OH excluding ortho intramolecular Hbond substituents is 1. The van der Waals surface area contributed by atoms with Gasteiger partial charge in [-0.2, -0.15) is 5.10 Å². The van der Waals surface area contributed by atoms with Crippen LogP contribution in [-0.2, 0) is 6.54 Å². The number of aromatic hydroxyl groups is 1. The van der Waals surface area contributed by atoms with Gasteiger partial charge in [-0.1, -0.05) is 29.8 Å². The molecule has 0 saturated heterocycles. The van der Waals surface area contributed by atoms with Crippen LogP contribution in [0.3, 0.4) is 0 Å². The van der Waals surface area contributed by atoms with Gasteiger partial charge in [0.25, 0.3) is 5.56 Å². The number of nitrogens with zero attached hydrogens (tertiary/aromatic N) is 5. The van der Waals surface area contributed by atoms with Gasteiger partial charge in [-0.05, 0) is 73.1 Å². The van der Waals surface area contributed by atoms with Gasteiger partial charge in [0.05, 0.1) is 17.6 Å². The van der Waals surface area contributed by atoms with Gasteiger partial charge >= 0.3 is 0 Å². The molecule has 8 nitrogen and oxygen atoms in total. The van der Waals surface area contributed by atoms with E-state index < -0.39 is 0 Å². The molecule has 0 amide bonds. The van der Waals surface area contributed by atoms with Crippen LogP contribution in [0.15, 0.2) is 59.7 Å². The fraction of sp³-hybridized carbons (Fsp3) is 0.172. The Morgan fingerprint density at radius 3 is 2.71 bits per heavy atom. The second-order valence-electron chi connectivity index (χ2n) is 9.69. The van der Waals surface area contributed by atoms with Crippen molar-refractivity contribution in [3.05, 3.63) is 86.9 Å². The van der Waals surface area contributed by atoms with Crippen LogP contribution in [0.1, 0.15) is 31.0 Å². The Hall–Kier alpha value is -4.29. The SMILES string of the molecule is CC1=c2c(cc(Cn3nc(-c4cc(O)cc(P)c4)c4c(N)ncnc43)n(-c3ccccc3C)c2=O)=CCC1. The van der Waals surface area contributed by atoms with E-state index in [0.29, 0.717) is 28.1 Å². The third-order valence-electron chi connectivity index (χ3n) is 7.07. The molecule has 0 radical (unpaired) electrons. The molecular formula is C29H27N6O2P. The van der Waals surface area contributed by atoms with Crippen molar-refractivity contribution in [2.24, 2.45) is 0 Å². The summed E-state index contributed by atoms with van der Waals surface area (Å²) in [5, 5.41) is 18.3. The van der Waals surface area contributed by atoms with Crippen molar-refractivity contribution < 1.29 is 5.11 Å². The molecule has 38 heavy (non-hydrogen) atoms. The summed E-state index contributed by atoms with van der Waals surface area (Å²) in [4.78, 5) is 22.7. The molecule has 0 spiro atoms. The van der Waals surface area contributed by atoms with Crippen LogP contribution < -0.4 is 27.0 Å². The lowest BCUT2D eigenvalue weighted by Gasteiger charge is -2.18. The molecule has 3 N–H and O–H groups in total. The maximum Gasteiger partial charge on any atom is 0.263 e. The van der Waals surface area contributed by atoms with E-state index in [9.17, 15) is 9.90 Å². The number of nitrogen functional groups attached to an aromatic ring is 1. The molecular weight excluding hydrogens is 495 g/mol. The van der Waals surface area contributed by atoms with Crippen molar-refractivity contribution in [2.45, 2.75) is 33.2 Å². The highest BCUT2D eigenvalue weighted by Gasteiger charge is 2.20. The molecule has 1 aliphatic rings. The van der Waals surface area contributed by atoms with Crippen LogP contribution in [0.4, 0.5) is 5.82 Å². The maximum atomic E-state index is 14.0. The van der Waals surface area contributed by atoms with E-state index in [1.165, 1.54) is 6.33 Å². The Kier molecular flexibility index (Phi) is 5.84. The number of rotatable bonds is 4. The fourth-order valence-electron chi connectivity index (χ4n) is 5.30. The van der Waals surface area contributed by atoms with Crippen molar-refractivity contribution in [3.63, 3.8) is 0 Å². The highest BCUT2D eigenvalue weighted by Crippen LogP contribution is 2.32. The monoisotopic (exact) mass is 522 g/mol. The summed E-state index contributed by atoms with van der Waals surface area (Å²) in [6.45, 7) is 4.33. The molecule has 1 atom stereocenters. The highest BCUT2D eigenvalue weighted by molar-refractivity contribution is 7.27. The quantitative estimate of drug-likeness (QED) is 0.351. The predicted molar refractivity (Wildman–Crippen MR) is 154 cm³/mol. The highest BCUT2D eigenvalue weighted by atomic mass is 31.0. The van der Waals surface area contributed by atoms with Crippen LogP contribution in [-0.4, -0.2) is 29.4 Å². The van der Waals surface area contributed by atoms with Crippen LogP contribution in [0.2, 0.25) is 0 Å². The van der Waals surface area contributed by atoms with E-state index in [0.717, 1.165) is 51.1 Å². The van der Waals surface area contributed by atoms with Crippen LogP contribution in [0.5, 0.6) is 5.75 Å². The molecule has 0 bridgehead atoms. The third-order valence-corrected chi connectivity index (χ3v) is 7.40. The Morgan fingerprint density at radius 2 is 1.92 bits per heavy atom. The van der Waals surface area contributed by atoms with Gasteiger partial charge in [-0.3, -0.25) is 9.36 Å². The Labute approximate surface area is 221 Å². The zero-order valence-electron chi connectivity index (χ0n) is 21.1. The van der Waals surface area contributed by atoms with Crippen molar-refractivity contribution in [1.82, 2.24) is 24.3 Å². The number of hydrogen-bond donors (Lipinski definition) is 2. The van der Waals surface area contributed by atoms with E-state index in [1.54, 1.807) is 21.4 Å². The van der Waals surface area contributed by atoms with E-state index in [1.807, 2.05) is 44.2 Å². The number of fused-ring (bicyclic) bond motifs is 2. The minimum atomic E-state index is -0.0355. The standard InChI is InChI=1S/C29H27N6O2P/c1-16-6-3-4-9-23(16)35-20(10-18-8-5-7-17(2)24(18)29(35)37)14-34-28-25(27(30)31-15-32-28)26(33-34)19-11-21(36)13-22(38)12-19/h3-4,6,8-13,15,36H,5,7,14,38H2,1-2H3,(H2,30,31,32). The van der Waals surface area contributed by atoms with Crippen LogP contribution in [0.25, 0.3) is 39.6 Å². The number of aryl methyl sites for hydroxylation is 1. The molecule has 0 aliphatic heterocycles. The fourth-order valence-corrected chi connectivity index (χ4v) is 5.65. The maximum absolute atomic E-state index is 14.0. The lowest BCUT2D eigenvalue weighted by atomic mass is 10.0. The first-order valence-electron chi connectivity index (χ1n) is 12.4. The van der Waals surface area contributed by atoms with Crippen molar-refractivity contribution in [1.29, 1.82) is 0 Å². The molecule has 6 rings (SSSR count). The minimum Gasteiger partial charge on any atom is -0.508 e. The Bertz CT molecular complexity index is 1920. The molecule has 5 aromatic rings. The van der Waals surface area contributed by atoms with E-state index in [-0.39, 0.29) is 17.9 Å². The predicted octanol–water partition coefficient (Wildman–Crippen LogP) is 2.53. The summed E-state index contributed by atoms with van der Waals surface area (Å²) in [5.41, 5.74) is 11.8. The summed E-state index contributed by atoms with van der Waals surface area (Å²) >= 11 is 0. The number of benzene rings is 2. The van der Waals surface area contributed by atoms with E-state index >= 15 is 0 Å². The molecule has 190 valence electrons. The average Bonchev–Trinajstić information content (AvgIpc) is 3.24. The summed E-state index contributed by atoms with van der Waals surface area (Å²) in [6.07, 6.45) is 5.33. The first-order chi connectivity index (χ1) is 18.3. The molecule has 1 aliphatic carbocycles. The zero-order valence-corrected chi connectivity index (χ0v) is 22.3. The number of phenols is 1. The lowest BCUT2D eigenvalue weighted by molar-refractivity contribution is 0.476. The topological polar surface area (TPSA) is 112 Å². The summed E-state index contributed by atoms with van der Waals surface area (Å²) in [6, 6.07) is 15.2. The Balaban J connectivity index is 1.63. The van der Waals surface area contributed by atoms with Crippen molar-refractivity contribution in [2.75, 3.05) is 5.73 Å². The number of anilines is 1. The van der Waals surface area contributed by atoms with Gasteiger partial charge in [0, 0.05) is 16.5 Å². The number of pyridine rings is 1. The lowest BCUT2D eigenvalue weighted by Crippen LogP contribution is -2.48. The van der Waals surface area contributed by atoms with Gasteiger partial charge in [0.1, 0.15) is 23.6 Å². The molecule has 9 heteroatoms. The van der Waals surface area contributed by atoms with E-state index in [2.05, 4.69) is 31.4 Å². The smallest absolute Gasteiger partial charge is 0.263 e. The summed E-state index contributed by atoms with van der Waals surface area (Å²) < 4.78 is 3.55. The number of aromatic nitrogens is 5. The van der Waals surface area contributed by atoms with Gasteiger partial charge < -0.3 is 10.8 Å². The van der Waals surface area contributed by atoms with Gasteiger partial charge in [0.15, 0.2) is 5.65 Å². The molecule has 1 unspecified atom stereocenters. The van der Waals surface area contributed by atoms with Crippen molar-refractivity contribution in [3.8, 4) is 22.7 Å². The Morgan fingerprint density at radius 1 is 1.11 bits per heavy atom. The average molecular weight is 523 g/mol. The van der Waals surface area contributed by atoms with Gasteiger partial charge in [-0.25, -0.2) is 14.6 Å². The number of hydrogen-bond acceptors (Lipinski definition) is 6. The molecule has 0 saturated carbocycles. The number of para-hydroxylation sites is 1. The van der Waals surface area contributed by atoms with Crippen molar-refractivity contribution >= 4 is 43.0 Å². The molecule has 3 aromatic heterocycles. The molecule has 3 heterocycles. The third kappa shape index (κ3) is 3.98. The molecule has 0 fully saturated rings. The van der Waals surface area contributed by atoms with Crippen LogP contribution in [0, 0.1) is 6.92 Å². The number of nitrogens with two attached hydrogens (primary N) is 1. The normalized spacial score (nSPS) is 13.0. The zero-order chi connectivity index (χ0) is 26.6. The second kappa shape index (κ2) is 9.23.